The lowest BCUT2D eigenvalue weighted by molar-refractivity contribution is -0.143. The average molecular weight is 457 g/mol. The van der Waals surface area contributed by atoms with Crippen molar-refractivity contribution in [2.75, 3.05) is 26.4 Å². The number of hydrogen-bond donors (Lipinski definition) is 1. The topological polar surface area (TPSA) is 77.1 Å². The fourth-order valence-electron chi connectivity index (χ4n) is 6.08. The molecule has 3 fully saturated rings. The van der Waals surface area contributed by atoms with Crippen molar-refractivity contribution >= 4 is 11.8 Å². The van der Waals surface area contributed by atoms with Crippen molar-refractivity contribution in [3.8, 4) is 5.75 Å². The second-order valence-corrected chi connectivity index (χ2v) is 10.00. The Morgan fingerprint density at radius 3 is 2.70 bits per heavy atom. The van der Waals surface area contributed by atoms with Crippen LogP contribution in [0.5, 0.6) is 5.75 Å². The van der Waals surface area contributed by atoms with E-state index in [4.69, 9.17) is 14.2 Å². The molecule has 180 valence electrons. The molecule has 7 nitrogen and oxygen atoms in total. The van der Waals surface area contributed by atoms with Gasteiger partial charge in [0.05, 0.1) is 24.8 Å². The quantitative estimate of drug-likeness (QED) is 0.740. The van der Waals surface area contributed by atoms with Crippen LogP contribution in [0.1, 0.15) is 68.4 Å². The first-order valence-corrected chi connectivity index (χ1v) is 12.7. The minimum Gasteiger partial charge on any atom is -0.483 e. The van der Waals surface area contributed by atoms with Crippen LogP contribution in [0.25, 0.3) is 0 Å². The molecule has 0 radical (unpaired) electrons. The molecule has 2 bridgehead atoms. The summed E-state index contributed by atoms with van der Waals surface area (Å²) < 4.78 is 18.1. The van der Waals surface area contributed by atoms with Gasteiger partial charge in [-0.25, -0.2) is 0 Å². The summed E-state index contributed by atoms with van der Waals surface area (Å²) in [6.45, 7) is 3.89. The highest BCUT2D eigenvalue weighted by Gasteiger charge is 2.38. The summed E-state index contributed by atoms with van der Waals surface area (Å²) in [4.78, 5) is 28.0. The number of nitrogens with zero attached hydrogens (tertiary/aromatic N) is 1. The minimum atomic E-state index is -0.370. The standard InChI is InChI=1S/C26H36N2O5/c1-17-5-2-7-22-25(17)18-9-11-19(12-10-18)32-15-21-20(27-26(30)23-8-4-14-31-23)6-3-13-28(21)24(29)16-33-22/h2,5,7,18-21,23H,3-4,6,8-16H2,1H3,(H,27,30)/t18?,19?,20-,21-,23?/m0/s1. The second kappa shape index (κ2) is 10.0. The monoisotopic (exact) mass is 456 g/mol. The molecule has 0 aromatic heterocycles. The molecule has 6 rings (SSSR count). The number of carbonyl (C=O) groups excluding carboxylic acids is 2. The van der Waals surface area contributed by atoms with Crippen LogP contribution in [-0.2, 0) is 19.1 Å². The van der Waals surface area contributed by atoms with E-state index in [0.717, 1.165) is 57.1 Å². The van der Waals surface area contributed by atoms with E-state index in [1.807, 2.05) is 17.0 Å². The fourth-order valence-corrected chi connectivity index (χ4v) is 6.08. The lowest BCUT2D eigenvalue weighted by Crippen LogP contribution is -2.60. The van der Waals surface area contributed by atoms with E-state index in [1.165, 1.54) is 11.1 Å². The number of nitrogens with one attached hydrogen (secondary N) is 1. The van der Waals surface area contributed by atoms with Crippen LogP contribution in [-0.4, -0.2) is 67.4 Å². The number of hydrogen-bond acceptors (Lipinski definition) is 5. The Bertz CT molecular complexity index is 860. The molecule has 2 amide bonds. The second-order valence-electron chi connectivity index (χ2n) is 10.00. The minimum absolute atomic E-state index is 0.00943. The van der Waals surface area contributed by atoms with Crippen molar-refractivity contribution in [2.24, 2.45) is 0 Å². The Labute approximate surface area is 196 Å². The lowest BCUT2D eigenvalue weighted by Gasteiger charge is -2.42. The smallest absolute Gasteiger partial charge is 0.260 e. The van der Waals surface area contributed by atoms with Gasteiger partial charge in [-0.1, -0.05) is 12.1 Å². The van der Waals surface area contributed by atoms with Crippen LogP contribution < -0.4 is 10.1 Å². The van der Waals surface area contributed by atoms with Gasteiger partial charge >= 0.3 is 0 Å². The molecular weight excluding hydrogens is 420 g/mol. The average Bonchev–Trinajstić information content (AvgIpc) is 3.37. The molecule has 2 saturated heterocycles. The Hall–Kier alpha value is -2.12. The van der Waals surface area contributed by atoms with Crippen LogP contribution >= 0.6 is 0 Å². The van der Waals surface area contributed by atoms with E-state index >= 15 is 0 Å². The summed E-state index contributed by atoms with van der Waals surface area (Å²) >= 11 is 0. The van der Waals surface area contributed by atoms with E-state index < -0.39 is 0 Å². The van der Waals surface area contributed by atoms with Gasteiger partial charge in [-0.05, 0) is 75.8 Å². The zero-order valence-corrected chi connectivity index (χ0v) is 19.6. The Morgan fingerprint density at radius 1 is 1.06 bits per heavy atom. The molecule has 1 aromatic carbocycles. The number of fused-ring (bicyclic) bond motifs is 5. The molecule has 7 heteroatoms. The first kappa shape index (κ1) is 22.7. The predicted molar refractivity (Wildman–Crippen MR) is 123 cm³/mol. The van der Waals surface area contributed by atoms with Crippen molar-refractivity contribution in [2.45, 2.75) is 88.5 Å². The summed E-state index contributed by atoms with van der Waals surface area (Å²) in [5.74, 6) is 1.18. The molecule has 3 atom stereocenters. The van der Waals surface area contributed by atoms with Gasteiger partial charge in [-0.3, -0.25) is 9.59 Å². The first-order chi connectivity index (χ1) is 16.1. The molecule has 1 saturated carbocycles. The van der Waals surface area contributed by atoms with Gasteiger partial charge in [-0.15, -0.1) is 0 Å². The van der Waals surface area contributed by atoms with Gasteiger partial charge in [0.2, 0.25) is 5.91 Å². The third-order valence-corrected chi connectivity index (χ3v) is 7.87. The van der Waals surface area contributed by atoms with E-state index in [9.17, 15) is 9.59 Å². The van der Waals surface area contributed by atoms with E-state index in [1.54, 1.807) is 0 Å². The number of piperidine rings is 1. The first-order valence-electron chi connectivity index (χ1n) is 12.7. The molecule has 4 aliphatic heterocycles. The maximum Gasteiger partial charge on any atom is 0.260 e. The number of rotatable bonds is 2. The predicted octanol–water partition coefficient (Wildman–Crippen LogP) is 3.09. The molecule has 33 heavy (non-hydrogen) atoms. The van der Waals surface area contributed by atoms with Gasteiger partial charge in [-0.2, -0.15) is 0 Å². The molecule has 1 aromatic rings. The number of benzene rings is 1. The van der Waals surface area contributed by atoms with Gasteiger partial charge in [0.1, 0.15) is 11.9 Å². The normalized spacial score (nSPS) is 32.6. The van der Waals surface area contributed by atoms with Gasteiger partial charge in [0, 0.05) is 18.7 Å². The Kier molecular flexibility index (Phi) is 6.88. The van der Waals surface area contributed by atoms with Gasteiger partial charge < -0.3 is 24.4 Å². The fraction of sp³-hybridized carbons (Fsp3) is 0.692. The molecule has 1 aliphatic carbocycles. The van der Waals surface area contributed by atoms with Crippen LogP contribution in [0.2, 0.25) is 0 Å². The molecule has 4 heterocycles. The van der Waals surface area contributed by atoms with Crippen molar-refractivity contribution in [3.63, 3.8) is 0 Å². The molecule has 5 aliphatic rings. The summed E-state index contributed by atoms with van der Waals surface area (Å²) in [6, 6.07) is 5.82. The van der Waals surface area contributed by atoms with E-state index in [2.05, 4.69) is 18.3 Å². The number of ether oxygens (including phenoxy) is 3. The van der Waals surface area contributed by atoms with Crippen molar-refractivity contribution in [1.29, 1.82) is 0 Å². The zero-order chi connectivity index (χ0) is 22.8. The van der Waals surface area contributed by atoms with Gasteiger partial charge in [0.15, 0.2) is 6.61 Å². The maximum absolute atomic E-state index is 13.3. The summed E-state index contributed by atoms with van der Waals surface area (Å²) in [5, 5.41) is 3.19. The highest BCUT2D eigenvalue weighted by Crippen LogP contribution is 2.40. The Morgan fingerprint density at radius 2 is 1.91 bits per heavy atom. The van der Waals surface area contributed by atoms with Crippen LogP contribution in [0.4, 0.5) is 0 Å². The molecular formula is C26H36N2O5. The highest BCUT2D eigenvalue weighted by molar-refractivity contribution is 5.82. The van der Waals surface area contributed by atoms with Crippen molar-refractivity contribution < 1.29 is 23.8 Å². The van der Waals surface area contributed by atoms with E-state index in [0.29, 0.717) is 25.7 Å². The summed E-state index contributed by atoms with van der Waals surface area (Å²) in [7, 11) is 0. The summed E-state index contributed by atoms with van der Waals surface area (Å²) in [6.07, 6.45) is 7.33. The highest BCUT2D eigenvalue weighted by atomic mass is 16.5. The maximum atomic E-state index is 13.3. The van der Waals surface area contributed by atoms with Crippen LogP contribution in [0.15, 0.2) is 18.2 Å². The number of amides is 2. The third-order valence-electron chi connectivity index (χ3n) is 7.87. The largest absolute Gasteiger partial charge is 0.483 e. The number of aryl methyl sites for hydroxylation is 1. The van der Waals surface area contributed by atoms with Crippen LogP contribution in [0.3, 0.4) is 0 Å². The SMILES string of the molecule is Cc1cccc2c1C1CCC(CC1)OC[C@H]1[C@@H](NC(=O)C3CCCO3)CCCN1C(=O)CO2. The molecule has 1 N–H and O–H groups in total. The number of carbonyl (C=O) groups is 2. The van der Waals surface area contributed by atoms with Crippen molar-refractivity contribution in [1.82, 2.24) is 10.2 Å². The van der Waals surface area contributed by atoms with E-state index in [-0.39, 0.29) is 42.7 Å². The van der Waals surface area contributed by atoms with Crippen LogP contribution in [0, 0.1) is 6.92 Å². The lowest BCUT2D eigenvalue weighted by atomic mass is 9.80. The summed E-state index contributed by atoms with van der Waals surface area (Å²) in [5.41, 5.74) is 2.48. The zero-order valence-electron chi connectivity index (χ0n) is 19.6. The van der Waals surface area contributed by atoms with Gasteiger partial charge in [0.25, 0.3) is 5.91 Å². The molecule has 0 spiro atoms. The molecule has 1 unspecified atom stereocenters. The van der Waals surface area contributed by atoms with Crippen molar-refractivity contribution in [3.05, 3.63) is 29.3 Å². The third kappa shape index (κ3) is 4.90. The Balaban J connectivity index is 1.37.